The largest absolute Gasteiger partial charge is 0.490 e. The summed E-state index contributed by atoms with van der Waals surface area (Å²) in [5, 5.41) is 11.8. The second kappa shape index (κ2) is 5.04. The van der Waals surface area contributed by atoms with Crippen LogP contribution in [0.15, 0.2) is 21.5 Å². The Hall–Kier alpha value is -2.22. The molecule has 1 aliphatic carbocycles. The topological polar surface area (TPSA) is 94.3 Å². The Bertz CT molecular complexity index is 705. The third-order valence-corrected chi connectivity index (χ3v) is 3.83. The van der Waals surface area contributed by atoms with Crippen LogP contribution in [0.1, 0.15) is 34.3 Å². The molecule has 2 heterocycles. The first kappa shape index (κ1) is 12.8. The highest BCUT2D eigenvalue weighted by atomic mass is 32.1. The van der Waals surface area contributed by atoms with Gasteiger partial charge in [-0.05, 0) is 12.8 Å². The zero-order valence-electron chi connectivity index (χ0n) is 10.6. The molecule has 7 nitrogen and oxygen atoms in total. The van der Waals surface area contributed by atoms with Crippen LogP contribution in [0.5, 0.6) is 5.75 Å². The van der Waals surface area contributed by atoms with Crippen molar-refractivity contribution in [2.24, 2.45) is 0 Å². The summed E-state index contributed by atoms with van der Waals surface area (Å²) in [6.45, 7) is 0. The van der Waals surface area contributed by atoms with Crippen LogP contribution in [-0.2, 0) is 0 Å². The normalized spacial score (nSPS) is 14.1. The average molecular weight is 293 g/mol. The molecule has 2 aromatic rings. The van der Waals surface area contributed by atoms with Gasteiger partial charge in [-0.25, -0.2) is 0 Å². The molecule has 0 aliphatic heterocycles. The average Bonchev–Trinajstić information content (AvgIpc) is 3.19. The van der Waals surface area contributed by atoms with E-state index in [-0.39, 0.29) is 11.5 Å². The van der Waals surface area contributed by atoms with Crippen LogP contribution in [0.3, 0.4) is 0 Å². The number of nitrogens with one attached hydrogen (secondary N) is 1. The molecule has 1 aliphatic rings. The summed E-state index contributed by atoms with van der Waals surface area (Å²) in [5.74, 6) is -0.104. The summed E-state index contributed by atoms with van der Waals surface area (Å²) in [5.41, 5.74) is -0.417. The van der Waals surface area contributed by atoms with Crippen LogP contribution >= 0.6 is 11.3 Å². The van der Waals surface area contributed by atoms with E-state index in [2.05, 4.69) is 15.5 Å². The summed E-state index contributed by atoms with van der Waals surface area (Å²) >= 11 is 1.34. The number of nitrogens with zero attached hydrogens (tertiary/aromatic N) is 2. The minimum Gasteiger partial charge on any atom is -0.490 e. The van der Waals surface area contributed by atoms with E-state index in [4.69, 9.17) is 9.15 Å². The minimum absolute atomic E-state index is 0.0495. The van der Waals surface area contributed by atoms with Crippen LogP contribution in [0.25, 0.3) is 0 Å². The molecule has 0 unspecified atom stereocenters. The number of hydrogen-bond donors (Lipinski definition) is 1. The summed E-state index contributed by atoms with van der Waals surface area (Å²) < 4.78 is 9.83. The summed E-state index contributed by atoms with van der Waals surface area (Å²) in [6, 6.07) is 1.08. The van der Waals surface area contributed by atoms with Gasteiger partial charge >= 0.3 is 0 Å². The molecule has 0 saturated heterocycles. The SMILES string of the molecule is COc1coc(C(=O)Nc2nnc(C3CC3)s2)cc1=O. The van der Waals surface area contributed by atoms with Crippen molar-refractivity contribution in [3.05, 3.63) is 33.3 Å². The Morgan fingerprint density at radius 3 is 2.95 bits per heavy atom. The molecule has 0 bridgehead atoms. The van der Waals surface area contributed by atoms with Gasteiger partial charge in [0.1, 0.15) is 11.3 Å². The highest BCUT2D eigenvalue weighted by Gasteiger charge is 2.28. The predicted molar refractivity (Wildman–Crippen MR) is 71.4 cm³/mol. The molecule has 0 atom stereocenters. The van der Waals surface area contributed by atoms with Gasteiger partial charge in [-0.15, -0.1) is 10.2 Å². The smallest absolute Gasteiger partial charge is 0.293 e. The Balaban J connectivity index is 1.74. The van der Waals surface area contributed by atoms with Gasteiger partial charge in [-0.1, -0.05) is 11.3 Å². The lowest BCUT2D eigenvalue weighted by atomic mass is 10.3. The van der Waals surface area contributed by atoms with Gasteiger partial charge in [0.25, 0.3) is 5.91 Å². The minimum atomic E-state index is -0.539. The maximum atomic E-state index is 11.9. The van der Waals surface area contributed by atoms with E-state index in [1.165, 1.54) is 18.4 Å². The Morgan fingerprint density at radius 1 is 1.50 bits per heavy atom. The molecule has 0 spiro atoms. The van der Waals surface area contributed by atoms with E-state index < -0.39 is 11.3 Å². The lowest BCUT2D eigenvalue weighted by Crippen LogP contribution is -2.15. The van der Waals surface area contributed by atoms with Crippen molar-refractivity contribution in [2.75, 3.05) is 12.4 Å². The lowest BCUT2D eigenvalue weighted by Gasteiger charge is -2.01. The number of methoxy groups -OCH3 is 1. The van der Waals surface area contributed by atoms with Crippen LogP contribution in [0.2, 0.25) is 0 Å². The summed E-state index contributed by atoms with van der Waals surface area (Å²) in [6.07, 6.45) is 3.35. The molecule has 0 aromatic carbocycles. The molecule has 1 fully saturated rings. The van der Waals surface area contributed by atoms with Crippen LogP contribution in [0, 0.1) is 0 Å². The number of aromatic nitrogens is 2. The van der Waals surface area contributed by atoms with Crippen LogP contribution < -0.4 is 15.5 Å². The molecule has 8 heteroatoms. The Kier molecular flexibility index (Phi) is 3.23. The number of carbonyl (C=O) groups is 1. The van der Waals surface area contributed by atoms with Gasteiger partial charge < -0.3 is 9.15 Å². The standard InChI is InChI=1S/C12H11N3O4S/c1-18-9-5-19-8(4-7(9)16)10(17)13-12-15-14-11(20-12)6-2-3-6/h4-6H,2-3H2,1H3,(H,13,15,17). The maximum absolute atomic E-state index is 11.9. The van der Waals surface area contributed by atoms with Crippen molar-refractivity contribution < 1.29 is 13.9 Å². The molecular weight excluding hydrogens is 282 g/mol. The number of carbonyl (C=O) groups excluding carboxylic acids is 1. The van der Waals surface area contributed by atoms with E-state index >= 15 is 0 Å². The van der Waals surface area contributed by atoms with E-state index in [1.54, 1.807) is 0 Å². The fourth-order valence-electron chi connectivity index (χ4n) is 1.61. The third-order valence-electron chi connectivity index (χ3n) is 2.83. The van der Waals surface area contributed by atoms with Gasteiger partial charge in [0, 0.05) is 12.0 Å². The molecule has 1 saturated carbocycles. The van der Waals surface area contributed by atoms with Gasteiger partial charge in [-0.2, -0.15) is 0 Å². The maximum Gasteiger partial charge on any atom is 0.293 e. The predicted octanol–water partition coefficient (Wildman–Crippen LogP) is 1.63. The quantitative estimate of drug-likeness (QED) is 0.920. The monoisotopic (exact) mass is 293 g/mol. The zero-order chi connectivity index (χ0) is 14.1. The lowest BCUT2D eigenvalue weighted by molar-refractivity contribution is 0.0993. The summed E-state index contributed by atoms with van der Waals surface area (Å²) in [7, 11) is 1.35. The molecular formula is C12H11N3O4S. The third kappa shape index (κ3) is 2.55. The molecule has 2 aromatic heterocycles. The zero-order valence-corrected chi connectivity index (χ0v) is 11.4. The van der Waals surface area contributed by atoms with Crippen molar-refractivity contribution in [3.8, 4) is 5.75 Å². The number of hydrogen-bond acceptors (Lipinski definition) is 7. The van der Waals surface area contributed by atoms with Crippen LogP contribution in [0.4, 0.5) is 5.13 Å². The van der Waals surface area contributed by atoms with Gasteiger partial charge in [0.2, 0.25) is 16.3 Å². The second-order valence-corrected chi connectivity index (χ2v) is 5.36. The van der Waals surface area contributed by atoms with Crippen LogP contribution in [-0.4, -0.2) is 23.2 Å². The van der Waals surface area contributed by atoms with Crippen molar-refractivity contribution >= 4 is 22.4 Å². The first-order valence-electron chi connectivity index (χ1n) is 5.99. The fourth-order valence-corrected chi connectivity index (χ4v) is 2.51. The van der Waals surface area contributed by atoms with E-state index in [0.717, 1.165) is 30.2 Å². The first-order valence-corrected chi connectivity index (χ1v) is 6.80. The van der Waals surface area contributed by atoms with E-state index in [0.29, 0.717) is 11.0 Å². The Labute approximate surface area is 117 Å². The highest BCUT2D eigenvalue weighted by Crippen LogP contribution is 2.42. The molecule has 1 amide bonds. The second-order valence-electron chi connectivity index (χ2n) is 4.35. The van der Waals surface area contributed by atoms with E-state index in [9.17, 15) is 9.59 Å². The van der Waals surface area contributed by atoms with E-state index in [1.807, 2.05) is 0 Å². The van der Waals surface area contributed by atoms with Crippen molar-refractivity contribution in [1.29, 1.82) is 0 Å². The number of amides is 1. The fraction of sp³-hybridized carbons (Fsp3) is 0.333. The molecule has 1 N–H and O–H groups in total. The molecule has 104 valence electrons. The van der Waals surface area contributed by atoms with Gasteiger partial charge in [0.15, 0.2) is 5.76 Å². The van der Waals surface area contributed by atoms with Crippen molar-refractivity contribution in [1.82, 2.24) is 10.2 Å². The summed E-state index contributed by atoms with van der Waals surface area (Å²) in [4.78, 5) is 23.5. The first-order chi connectivity index (χ1) is 9.67. The van der Waals surface area contributed by atoms with Crippen molar-refractivity contribution in [3.63, 3.8) is 0 Å². The van der Waals surface area contributed by atoms with Gasteiger partial charge in [0.05, 0.1) is 7.11 Å². The number of ether oxygens (including phenoxy) is 1. The highest BCUT2D eigenvalue weighted by molar-refractivity contribution is 7.15. The molecule has 0 radical (unpaired) electrons. The number of anilines is 1. The van der Waals surface area contributed by atoms with Gasteiger partial charge in [-0.3, -0.25) is 14.9 Å². The number of rotatable bonds is 4. The Morgan fingerprint density at radius 2 is 2.30 bits per heavy atom. The molecule has 3 rings (SSSR count). The molecule has 20 heavy (non-hydrogen) atoms. The van der Waals surface area contributed by atoms with Crippen molar-refractivity contribution in [2.45, 2.75) is 18.8 Å².